The van der Waals surface area contributed by atoms with E-state index >= 15 is 0 Å². The summed E-state index contributed by atoms with van der Waals surface area (Å²) in [6, 6.07) is 0. The van der Waals surface area contributed by atoms with E-state index in [-0.39, 0.29) is 43.6 Å². The van der Waals surface area contributed by atoms with Gasteiger partial charge in [0.2, 0.25) is 5.91 Å². The van der Waals surface area contributed by atoms with E-state index in [0.29, 0.717) is 31.5 Å². The molecule has 8 heteroatoms. The molecule has 2 aliphatic rings. The Morgan fingerprint density at radius 2 is 1.62 bits per heavy atom. The van der Waals surface area contributed by atoms with Crippen LogP contribution < -0.4 is 5.32 Å². The lowest BCUT2D eigenvalue weighted by molar-refractivity contribution is -0.136. The summed E-state index contributed by atoms with van der Waals surface area (Å²) >= 11 is 24.4. The standard InChI is InChI=1S/C16H18Cl4N2O2/c17-11-10(15(23)14(20)13(19)12(11)18)8-2-5-22(6-3-8)16(24)9-1-4-21-7-9/h8-9,21,23H,1-7H2/t9-/m0/s1. The number of phenols is 1. The molecule has 2 heterocycles. The number of likely N-dealkylation sites (tertiary alicyclic amines) is 1. The third-order valence-corrected chi connectivity index (χ3v) is 6.71. The first-order valence-corrected chi connectivity index (χ1v) is 9.47. The number of halogens is 4. The molecule has 3 rings (SSSR count). The van der Waals surface area contributed by atoms with Crippen molar-refractivity contribution >= 4 is 52.3 Å². The van der Waals surface area contributed by atoms with E-state index in [4.69, 9.17) is 46.4 Å². The Bertz CT molecular complexity index is 625. The van der Waals surface area contributed by atoms with Gasteiger partial charge in [-0.25, -0.2) is 0 Å². The highest BCUT2D eigenvalue weighted by Crippen LogP contribution is 2.49. The van der Waals surface area contributed by atoms with E-state index in [0.717, 1.165) is 19.5 Å². The number of benzene rings is 1. The average molecular weight is 412 g/mol. The number of nitrogens with one attached hydrogen (secondary N) is 1. The van der Waals surface area contributed by atoms with Crippen LogP contribution in [0.25, 0.3) is 0 Å². The van der Waals surface area contributed by atoms with Crippen LogP contribution in [0.3, 0.4) is 0 Å². The topological polar surface area (TPSA) is 52.6 Å². The smallest absolute Gasteiger partial charge is 0.227 e. The third-order valence-electron chi connectivity index (χ3n) is 4.90. The zero-order valence-electron chi connectivity index (χ0n) is 12.9. The molecule has 2 fully saturated rings. The summed E-state index contributed by atoms with van der Waals surface area (Å²) in [5.74, 6) is 0.176. The van der Waals surface area contributed by atoms with Crippen molar-refractivity contribution in [1.29, 1.82) is 0 Å². The van der Waals surface area contributed by atoms with Crippen molar-refractivity contribution < 1.29 is 9.90 Å². The number of hydrogen-bond acceptors (Lipinski definition) is 3. The normalized spacial score (nSPS) is 22.2. The predicted molar refractivity (Wildman–Crippen MR) is 97.7 cm³/mol. The minimum Gasteiger partial charge on any atom is -0.506 e. The molecule has 2 N–H and O–H groups in total. The van der Waals surface area contributed by atoms with Gasteiger partial charge in [-0.3, -0.25) is 4.79 Å². The van der Waals surface area contributed by atoms with Gasteiger partial charge in [-0.1, -0.05) is 46.4 Å². The summed E-state index contributed by atoms with van der Waals surface area (Å²) in [5.41, 5.74) is 0.533. The van der Waals surface area contributed by atoms with E-state index in [1.165, 1.54) is 0 Å². The Morgan fingerprint density at radius 3 is 2.21 bits per heavy atom. The molecule has 0 aromatic heterocycles. The van der Waals surface area contributed by atoms with Gasteiger partial charge in [0.1, 0.15) is 10.8 Å². The summed E-state index contributed by atoms with van der Waals surface area (Å²) in [7, 11) is 0. The van der Waals surface area contributed by atoms with Crippen LogP contribution in [0, 0.1) is 5.92 Å². The van der Waals surface area contributed by atoms with Crippen LogP contribution >= 0.6 is 46.4 Å². The highest BCUT2D eigenvalue weighted by atomic mass is 35.5. The molecule has 24 heavy (non-hydrogen) atoms. The highest BCUT2D eigenvalue weighted by molar-refractivity contribution is 6.52. The maximum Gasteiger partial charge on any atom is 0.227 e. The van der Waals surface area contributed by atoms with Gasteiger partial charge in [0.05, 0.1) is 21.0 Å². The first kappa shape index (κ1) is 18.4. The lowest BCUT2D eigenvalue weighted by Crippen LogP contribution is -2.42. The van der Waals surface area contributed by atoms with Crippen molar-refractivity contribution in [1.82, 2.24) is 10.2 Å². The lowest BCUT2D eigenvalue weighted by Gasteiger charge is -2.34. The Morgan fingerprint density at radius 1 is 1.00 bits per heavy atom. The van der Waals surface area contributed by atoms with E-state index in [1.54, 1.807) is 0 Å². The summed E-state index contributed by atoms with van der Waals surface area (Å²) < 4.78 is 0. The summed E-state index contributed by atoms with van der Waals surface area (Å²) in [6.07, 6.45) is 2.30. The maximum atomic E-state index is 12.5. The van der Waals surface area contributed by atoms with Crippen LogP contribution in [-0.2, 0) is 4.79 Å². The number of rotatable bonds is 2. The van der Waals surface area contributed by atoms with Crippen molar-refractivity contribution in [3.05, 3.63) is 25.7 Å². The summed E-state index contributed by atoms with van der Waals surface area (Å²) in [5, 5.41) is 14.0. The SMILES string of the molecule is O=C([C@H]1CCNC1)N1CCC(c2c(O)c(Cl)c(Cl)c(Cl)c2Cl)CC1. The number of carbonyl (C=O) groups is 1. The molecule has 0 spiro atoms. The summed E-state index contributed by atoms with van der Waals surface area (Å²) in [4.78, 5) is 14.4. The molecule has 0 saturated carbocycles. The molecule has 2 aliphatic heterocycles. The first-order valence-electron chi connectivity index (χ1n) is 7.96. The minimum absolute atomic E-state index is 0.00415. The van der Waals surface area contributed by atoms with Gasteiger partial charge in [0.25, 0.3) is 0 Å². The van der Waals surface area contributed by atoms with Crippen molar-refractivity contribution in [3.8, 4) is 5.75 Å². The average Bonchev–Trinajstić information content (AvgIpc) is 3.13. The van der Waals surface area contributed by atoms with Crippen LogP contribution in [0.5, 0.6) is 5.75 Å². The van der Waals surface area contributed by atoms with Gasteiger partial charge in [-0.15, -0.1) is 0 Å². The van der Waals surface area contributed by atoms with E-state index in [9.17, 15) is 9.90 Å². The molecule has 132 valence electrons. The minimum atomic E-state index is -0.110. The predicted octanol–water partition coefficient (Wildman–Crippen LogP) is 4.32. The number of amides is 1. The molecular weight excluding hydrogens is 394 g/mol. The fourth-order valence-electron chi connectivity index (χ4n) is 3.52. The maximum absolute atomic E-state index is 12.5. The molecule has 0 radical (unpaired) electrons. The molecule has 2 saturated heterocycles. The zero-order chi connectivity index (χ0) is 17.4. The Kier molecular flexibility index (Phi) is 5.72. The third kappa shape index (κ3) is 3.32. The second-order valence-electron chi connectivity index (χ2n) is 6.31. The molecule has 1 aromatic carbocycles. The Hall–Kier alpha value is -0.390. The van der Waals surface area contributed by atoms with Crippen molar-refractivity contribution in [2.75, 3.05) is 26.2 Å². The van der Waals surface area contributed by atoms with Crippen LogP contribution in [0.15, 0.2) is 0 Å². The number of piperidine rings is 1. The molecule has 1 aromatic rings. The van der Waals surface area contributed by atoms with Gasteiger partial charge >= 0.3 is 0 Å². The Labute approximate surface area is 161 Å². The van der Waals surface area contributed by atoms with Gasteiger partial charge in [0, 0.05) is 25.2 Å². The van der Waals surface area contributed by atoms with Crippen LogP contribution in [0.1, 0.15) is 30.7 Å². The number of phenolic OH excluding ortho intramolecular Hbond substituents is 1. The van der Waals surface area contributed by atoms with Gasteiger partial charge < -0.3 is 15.3 Å². The quantitative estimate of drug-likeness (QED) is 0.562. The molecule has 4 nitrogen and oxygen atoms in total. The zero-order valence-corrected chi connectivity index (χ0v) is 15.9. The van der Waals surface area contributed by atoms with E-state index in [2.05, 4.69) is 5.32 Å². The Balaban J connectivity index is 1.74. The van der Waals surface area contributed by atoms with E-state index < -0.39 is 0 Å². The lowest BCUT2D eigenvalue weighted by atomic mass is 9.88. The highest BCUT2D eigenvalue weighted by Gasteiger charge is 2.33. The molecule has 1 amide bonds. The van der Waals surface area contributed by atoms with Crippen LogP contribution in [0.2, 0.25) is 20.1 Å². The second-order valence-corrected chi connectivity index (χ2v) is 7.82. The fraction of sp³-hybridized carbons (Fsp3) is 0.562. The molecule has 0 unspecified atom stereocenters. The van der Waals surface area contributed by atoms with Crippen molar-refractivity contribution in [2.24, 2.45) is 5.92 Å². The fourth-order valence-corrected chi connectivity index (χ4v) is 4.53. The molecular formula is C16H18Cl4N2O2. The van der Waals surface area contributed by atoms with E-state index in [1.807, 2.05) is 4.90 Å². The van der Waals surface area contributed by atoms with Gasteiger partial charge in [-0.05, 0) is 31.7 Å². The number of carbonyl (C=O) groups excluding carboxylic acids is 1. The van der Waals surface area contributed by atoms with Gasteiger partial charge in [0.15, 0.2) is 0 Å². The molecule has 1 atom stereocenters. The number of hydrogen-bond donors (Lipinski definition) is 2. The van der Waals surface area contributed by atoms with Crippen molar-refractivity contribution in [2.45, 2.75) is 25.2 Å². The van der Waals surface area contributed by atoms with Gasteiger partial charge in [-0.2, -0.15) is 0 Å². The summed E-state index contributed by atoms with van der Waals surface area (Å²) in [6.45, 7) is 2.92. The monoisotopic (exact) mass is 410 g/mol. The largest absolute Gasteiger partial charge is 0.506 e. The second kappa shape index (κ2) is 7.46. The number of aromatic hydroxyl groups is 1. The molecule has 0 bridgehead atoms. The van der Waals surface area contributed by atoms with Crippen LogP contribution in [-0.4, -0.2) is 42.1 Å². The first-order chi connectivity index (χ1) is 11.4. The van der Waals surface area contributed by atoms with Crippen molar-refractivity contribution in [3.63, 3.8) is 0 Å². The molecule has 0 aliphatic carbocycles. The number of nitrogens with zero attached hydrogens (tertiary/aromatic N) is 1. The van der Waals surface area contributed by atoms with Crippen LogP contribution in [0.4, 0.5) is 0 Å².